The van der Waals surface area contributed by atoms with Crippen LogP contribution in [0.3, 0.4) is 0 Å². The van der Waals surface area contributed by atoms with Gasteiger partial charge in [-0.05, 0) is 74.2 Å². The van der Waals surface area contributed by atoms with Crippen LogP contribution >= 0.6 is 11.3 Å². The number of nitrogens with one attached hydrogen (secondary N) is 1. The molecule has 0 bridgehead atoms. The van der Waals surface area contributed by atoms with Gasteiger partial charge in [-0.3, -0.25) is 10.1 Å². The molecule has 0 spiro atoms. The number of carbonyl (C=O) groups is 1. The molecule has 1 N–H and O–H groups in total. The Morgan fingerprint density at radius 2 is 1.73 bits per heavy atom. The molecule has 1 fully saturated rings. The van der Waals surface area contributed by atoms with Crippen LogP contribution in [0.2, 0.25) is 0 Å². The second-order valence-corrected chi connectivity index (χ2v) is 10.9. The van der Waals surface area contributed by atoms with Crippen LogP contribution in [0.15, 0.2) is 41.3 Å². The summed E-state index contributed by atoms with van der Waals surface area (Å²) < 4.78 is 28.2. The number of sulfonamides is 1. The molecule has 0 aliphatic heterocycles. The molecular formula is C22H25N3O3S2. The van der Waals surface area contributed by atoms with Crippen LogP contribution in [0.25, 0.3) is 10.2 Å². The molecule has 0 saturated heterocycles. The molecule has 1 saturated carbocycles. The van der Waals surface area contributed by atoms with Gasteiger partial charge >= 0.3 is 0 Å². The zero-order valence-electron chi connectivity index (χ0n) is 17.3. The third kappa shape index (κ3) is 3.99. The van der Waals surface area contributed by atoms with Crippen molar-refractivity contribution in [3.63, 3.8) is 0 Å². The molecule has 8 heteroatoms. The predicted octanol–water partition coefficient (Wildman–Crippen LogP) is 4.73. The lowest BCUT2D eigenvalue weighted by atomic mass is 10.1. The lowest BCUT2D eigenvalue weighted by Gasteiger charge is -2.23. The van der Waals surface area contributed by atoms with Crippen molar-refractivity contribution in [2.75, 3.05) is 12.4 Å². The van der Waals surface area contributed by atoms with E-state index in [4.69, 9.17) is 0 Å². The summed E-state index contributed by atoms with van der Waals surface area (Å²) in [5.41, 5.74) is 3.59. The molecule has 158 valence electrons. The molecule has 30 heavy (non-hydrogen) atoms. The van der Waals surface area contributed by atoms with Crippen molar-refractivity contribution >= 4 is 42.6 Å². The first-order chi connectivity index (χ1) is 14.3. The predicted molar refractivity (Wildman–Crippen MR) is 121 cm³/mol. The van der Waals surface area contributed by atoms with Gasteiger partial charge in [-0.1, -0.05) is 24.2 Å². The number of rotatable bonds is 5. The lowest BCUT2D eigenvalue weighted by molar-refractivity contribution is 0.102. The summed E-state index contributed by atoms with van der Waals surface area (Å²) in [7, 11) is -1.92. The molecule has 6 nitrogen and oxygen atoms in total. The molecule has 3 aromatic rings. The minimum absolute atomic E-state index is 0.0595. The lowest BCUT2D eigenvalue weighted by Crippen LogP contribution is -2.35. The standard InChI is InChI=1S/C22H25N3O3S2/c1-14-12-19-20(13-15(14)2)29-22(23-19)24-21(26)16-8-10-18(11-9-16)30(27,28)25(3)17-6-4-5-7-17/h8-13,17H,4-7H2,1-3H3,(H,23,24,26). The summed E-state index contributed by atoms with van der Waals surface area (Å²) >= 11 is 1.42. The minimum Gasteiger partial charge on any atom is -0.298 e. The van der Waals surface area contributed by atoms with Crippen molar-refractivity contribution in [2.24, 2.45) is 0 Å². The van der Waals surface area contributed by atoms with Gasteiger partial charge in [0.25, 0.3) is 5.91 Å². The zero-order chi connectivity index (χ0) is 21.5. The van der Waals surface area contributed by atoms with Crippen LogP contribution in [0.5, 0.6) is 0 Å². The smallest absolute Gasteiger partial charge is 0.257 e. The Balaban J connectivity index is 1.50. The number of hydrogen-bond donors (Lipinski definition) is 1. The SMILES string of the molecule is Cc1cc2nc(NC(=O)c3ccc(S(=O)(=O)N(C)C4CCCC4)cc3)sc2cc1C. The number of hydrogen-bond acceptors (Lipinski definition) is 5. The fraction of sp³-hybridized carbons (Fsp3) is 0.364. The summed E-state index contributed by atoms with van der Waals surface area (Å²) in [5.74, 6) is -0.310. The van der Waals surface area contributed by atoms with Crippen molar-refractivity contribution in [3.8, 4) is 0 Å². The molecule has 2 aromatic carbocycles. The molecule has 0 atom stereocenters. The van der Waals surface area contributed by atoms with Crippen LogP contribution in [0.1, 0.15) is 47.2 Å². The van der Waals surface area contributed by atoms with E-state index < -0.39 is 10.0 Å². The van der Waals surface area contributed by atoms with Crippen molar-refractivity contribution < 1.29 is 13.2 Å². The normalized spacial score (nSPS) is 15.2. The summed E-state index contributed by atoms with van der Waals surface area (Å²) in [5, 5.41) is 3.35. The summed E-state index contributed by atoms with van der Waals surface area (Å²) in [6.45, 7) is 4.08. The van der Waals surface area contributed by atoms with Crippen molar-refractivity contribution in [1.29, 1.82) is 0 Å². The van der Waals surface area contributed by atoms with Gasteiger partial charge in [-0.15, -0.1) is 0 Å². The highest BCUT2D eigenvalue weighted by molar-refractivity contribution is 7.89. The minimum atomic E-state index is -3.56. The van der Waals surface area contributed by atoms with E-state index in [0.717, 1.165) is 41.5 Å². The largest absolute Gasteiger partial charge is 0.298 e. The van der Waals surface area contributed by atoms with Crippen molar-refractivity contribution in [1.82, 2.24) is 9.29 Å². The van der Waals surface area contributed by atoms with Gasteiger partial charge in [0.1, 0.15) is 0 Å². The Morgan fingerprint density at radius 1 is 1.10 bits per heavy atom. The number of anilines is 1. The molecule has 1 heterocycles. The third-order valence-corrected chi connectivity index (χ3v) is 8.71. The van der Waals surface area contributed by atoms with E-state index in [1.807, 2.05) is 19.9 Å². The van der Waals surface area contributed by atoms with E-state index in [0.29, 0.717) is 10.7 Å². The molecule has 0 radical (unpaired) electrons. The number of amides is 1. The van der Waals surface area contributed by atoms with Gasteiger partial charge in [0.2, 0.25) is 10.0 Å². The number of fused-ring (bicyclic) bond motifs is 1. The van der Waals surface area contributed by atoms with E-state index in [2.05, 4.69) is 16.4 Å². The highest BCUT2D eigenvalue weighted by Crippen LogP contribution is 2.29. The maximum absolute atomic E-state index is 12.9. The molecular weight excluding hydrogens is 418 g/mol. The number of aryl methyl sites for hydroxylation is 2. The van der Waals surface area contributed by atoms with Gasteiger partial charge in [-0.25, -0.2) is 13.4 Å². The first kappa shape index (κ1) is 21.0. The maximum Gasteiger partial charge on any atom is 0.257 e. The number of benzene rings is 2. The number of carbonyl (C=O) groups excluding carboxylic acids is 1. The topological polar surface area (TPSA) is 79.4 Å². The second kappa shape index (κ2) is 8.09. The van der Waals surface area contributed by atoms with Crippen LogP contribution in [-0.4, -0.2) is 36.7 Å². The molecule has 4 rings (SSSR count). The van der Waals surface area contributed by atoms with Crippen molar-refractivity contribution in [3.05, 3.63) is 53.1 Å². The first-order valence-electron chi connectivity index (χ1n) is 10.0. The quantitative estimate of drug-likeness (QED) is 0.618. The Morgan fingerprint density at radius 3 is 2.40 bits per heavy atom. The van der Waals surface area contributed by atoms with E-state index >= 15 is 0 Å². The van der Waals surface area contributed by atoms with Gasteiger partial charge in [0, 0.05) is 18.7 Å². The summed E-state index contributed by atoms with van der Waals surface area (Å²) in [6.07, 6.45) is 3.93. The Kier molecular flexibility index (Phi) is 5.65. The van der Waals surface area contributed by atoms with Crippen LogP contribution in [0, 0.1) is 13.8 Å². The second-order valence-electron chi connectivity index (χ2n) is 7.86. The molecule has 0 unspecified atom stereocenters. The number of aromatic nitrogens is 1. The van der Waals surface area contributed by atoms with Crippen LogP contribution in [0.4, 0.5) is 5.13 Å². The van der Waals surface area contributed by atoms with Gasteiger partial charge < -0.3 is 0 Å². The van der Waals surface area contributed by atoms with E-state index in [1.165, 1.54) is 33.3 Å². The average Bonchev–Trinajstić information content (AvgIpc) is 3.37. The monoisotopic (exact) mass is 443 g/mol. The number of nitrogens with zero attached hydrogens (tertiary/aromatic N) is 2. The fourth-order valence-electron chi connectivity index (χ4n) is 3.81. The Hall–Kier alpha value is -2.29. The van der Waals surface area contributed by atoms with E-state index in [9.17, 15) is 13.2 Å². The van der Waals surface area contributed by atoms with Crippen LogP contribution < -0.4 is 5.32 Å². The van der Waals surface area contributed by atoms with Gasteiger partial charge in [0.15, 0.2) is 5.13 Å². The Labute approximate surface area is 181 Å². The molecule has 1 aromatic heterocycles. The third-order valence-electron chi connectivity index (χ3n) is 5.86. The highest BCUT2D eigenvalue weighted by Gasteiger charge is 2.30. The maximum atomic E-state index is 12.9. The van der Waals surface area contributed by atoms with Crippen LogP contribution in [-0.2, 0) is 10.0 Å². The van der Waals surface area contributed by atoms with Gasteiger partial charge in [-0.2, -0.15) is 4.31 Å². The summed E-state index contributed by atoms with van der Waals surface area (Å²) in [4.78, 5) is 17.3. The highest BCUT2D eigenvalue weighted by atomic mass is 32.2. The fourth-order valence-corrected chi connectivity index (χ4v) is 6.17. The zero-order valence-corrected chi connectivity index (χ0v) is 18.9. The van der Waals surface area contributed by atoms with E-state index in [-0.39, 0.29) is 16.8 Å². The van der Waals surface area contributed by atoms with Gasteiger partial charge in [0.05, 0.1) is 15.1 Å². The summed E-state index contributed by atoms with van der Waals surface area (Å²) in [6, 6.07) is 10.2. The molecule has 1 amide bonds. The van der Waals surface area contributed by atoms with E-state index in [1.54, 1.807) is 19.2 Å². The number of thiazole rings is 1. The first-order valence-corrected chi connectivity index (χ1v) is 12.3. The van der Waals surface area contributed by atoms with Crippen molar-refractivity contribution in [2.45, 2.75) is 50.5 Å². The molecule has 1 aliphatic rings. The Bertz CT molecular complexity index is 1160. The average molecular weight is 444 g/mol. The molecule has 1 aliphatic carbocycles.